The van der Waals surface area contributed by atoms with Crippen LogP contribution in [-0.2, 0) is 0 Å². The summed E-state index contributed by atoms with van der Waals surface area (Å²) in [5, 5.41) is 0. The molecular weight excluding hydrogens is 261 g/mol. The van der Waals surface area contributed by atoms with Gasteiger partial charge < -0.3 is 4.90 Å². The predicted molar refractivity (Wildman–Crippen MR) is 60.0 cm³/mol. The number of rotatable bonds is 0. The molecule has 2 rings (SSSR count). The van der Waals surface area contributed by atoms with Crippen molar-refractivity contribution in [2.45, 2.75) is 4.05 Å². The lowest BCUT2D eigenvalue weighted by molar-refractivity contribution is 0.452. The molecule has 12 heavy (non-hydrogen) atoms. The number of alkyl halides is 1. The van der Waals surface area contributed by atoms with E-state index in [0.717, 1.165) is 0 Å². The topological polar surface area (TPSA) is 3.24 Å². The molecule has 0 fully saturated rings. The van der Waals surface area contributed by atoms with Crippen molar-refractivity contribution < 1.29 is 0 Å². The predicted octanol–water partition coefficient (Wildman–Crippen LogP) is 3.04. The van der Waals surface area contributed by atoms with Gasteiger partial charge in [0.1, 0.15) is 4.05 Å². The molecule has 62 valence electrons. The highest BCUT2D eigenvalue weighted by Crippen LogP contribution is 2.33. The smallest absolute Gasteiger partial charge is 0.106 e. The van der Waals surface area contributed by atoms with Crippen LogP contribution >= 0.6 is 22.6 Å². The number of nitrogens with zero attached hydrogens (tertiary/aromatic N) is 1. The second-order valence-electron chi connectivity index (χ2n) is 2.95. The lowest BCUT2D eigenvalue weighted by Crippen LogP contribution is -2.17. The molecule has 1 aliphatic heterocycles. The second-order valence-corrected chi connectivity index (χ2v) is 4.13. The average molecular weight is 271 g/mol. The Balaban J connectivity index is 2.52. The fourth-order valence-corrected chi connectivity index (χ4v) is 2.13. The summed E-state index contributed by atoms with van der Waals surface area (Å²) >= 11 is 2.45. The minimum absolute atomic E-state index is 0.476. The molecular formula is C10H10IN. The van der Waals surface area contributed by atoms with Crippen molar-refractivity contribution in [3.05, 3.63) is 41.6 Å². The summed E-state index contributed by atoms with van der Waals surface area (Å²) < 4.78 is 0.476. The molecule has 0 bridgehead atoms. The van der Waals surface area contributed by atoms with E-state index in [1.165, 1.54) is 11.1 Å². The maximum absolute atomic E-state index is 2.45. The van der Waals surface area contributed by atoms with Crippen molar-refractivity contribution >= 4 is 28.7 Å². The first-order valence-electron chi connectivity index (χ1n) is 3.92. The van der Waals surface area contributed by atoms with Gasteiger partial charge in [0.15, 0.2) is 0 Å². The van der Waals surface area contributed by atoms with E-state index in [4.69, 9.17) is 0 Å². The zero-order valence-electron chi connectivity index (χ0n) is 6.87. The van der Waals surface area contributed by atoms with Gasteiger partial charge in [-0.15, -0.1) is 0 Å². The van der Waals surface area contributed by atoms with Crippen molar-refractivity contribution in [2.75, 3.05) is 7.05 Å². The Morgan fingerprint density at radius 1 is 1.33 bits per heavy atom. The lowest BCUT2D eigenvalue weighted by Gasteiger charge is -2.27. The highest BCUT2D eigenvalue weighted by molar-refractivity contribution is 14.1. The van der Waals surface area contributed by atoms with Crippen molar-refractivity contribution in [3.8, 4) is 0 Å². The van der Waals surface area contributed by atoms with E-state index >= 15 is 0 Å². The van der Waals surface area contributed by atoms with E-state index in [9.17, 15) is 0 Å². The lowest BCUT2D eigenvalue weighted by atomic mass is 10.1. The minimum Gasteiger partial charge on any atom is -0.365 e. The van der Waals surface area contributed by atoms with Crippen LogP contribution < -0.4 is 0 Å². The molecule has 0 saturated carbocycles. The average Bonchev–Trinajstić information content (AvgIpc) is 2.12. The molecule has 1 atom stereocenters. The summed E-state index contributed by atoms with van der Waals surface area (Å²) in [6.07, 6.45) is 4.28. The number of benzene rings is 1. The molecule has 0 amide bonds. The van der Waals surface area contributed by atoms with Crippen LogP contribution in [0.4, 0.5) is 0 Å². The number of fused-ring (bicyclic) bond motifs is 1. The summed E-state index contributed by atoms with van der Waals surface area (Å²) in [5.74, 6) is 0. The molecule has 1 aromatic carbocycles. The molecule has 0 saturated heterocycles. The quantitative estimate of drug-likeness (QED) is 0.398. The van der Waals surface area contributed by atoms with Gasteiger partial charge in [-0.05, 0) is 17.2 Å². The van der Waals surface area contributed by atoms with E-state index in [1.807, 2.05) is 0 Å². The maximum atomic E-state index is 2.45. The first-order valence-corrected chi connectivity index (χ1v) is 5.17. The Bertz CT molecular complexity index is 319. The van der Waals surface area contributed by atoms with Crippen molar-refractivity contribution in [1.29, 1.82) is 0 Å². The van der Waals surface area contributed by atoms with Gasteiger partial charge in [-0.25, -0.2) is 0 Å². The second kappa shape index (κ2) is 3.09. The van der Waals surface area contributed by atoms with Crippen LogP contribution in [0.25, 0.3) is 6.08 Å². The van der Waals surface area contributed by atoms with Crippen LogP contribution in [-0.4, -0.2) is 11.9 Å². The fraction of sp³-hybridized carbons (Fsp3) is 0.200. The zero-order valence-corrected chi connectivity index (χ0v) is 9.02. The molecule has 1 aliphatic rings. The summed E-state index contributed by atoms with van der Waals surface area (Å²) in [7, 11) is 2.10. The van der Waals surface area contributed by atoms with Crippen molar-refractivity contribution in [2.24, 2.45) is 0 Å². The van der Waals surface area contributed by atoms with Gasteiger partial charge in [0, 0.05) is 13.2 Å². The van der Waals surface area contributed by atoms with Gasteiger partial charge in [0.25, 0.3) is 0 Å². The third-order valence-corrected chi connectivity index (χ3v) is 3.65. The fourth-order valence-electron chi connectivity index (χ4n) is 1.37. The van der Waals surface area contributed by atoms with E-state index < -0.39 is 0 Å². The van der Waals surface area contributed by atoms with Crippen LogP contribution in [0.2, 0.25) is 0 Å². The molecule has 1 unspecified atom stereocenters. The molecule has 0 N–H and O–H groups in total. The van der Waals surface area contributed by atoms with Crippen LogP contribution in [0.15, 0.2) is 30.5 Å². The molecule has 0 radical (unpaired) electrons. The van der Waals surface area contributed by atoms with E-state index in [2.05, 4.69) is 71.1 Å². The Hall–Kier alpha value is -0.510. The van der Waals surface area contributed by atoms with Gasteiger partial charge in [0.05, 0.1) is 0 Å². The van der Waals surface area contributed by atoms with E-state index in [-0.39, 0.29) is 0 Å². The van der Waals surface area contributed by atoms with Crippen LogP contribution in [0.1, 0.15) is 15.2 Å². The minimum atomic E-state index is 0.476. The van der Waals surface area contributed by atoms with Crippen molar-refractivity contribution in [1.82, 2.24) is 4.90 Å². The highest BCUT2D eigenvalue weighted by atomic mass is 127. The molecule has 2 heteroatoms. The van der Waals surface area contributed by atoms with Crippen molar-refractivity contribution in [3.63, 3.8) is 0 Å². The number of halogens is 1. The van der Waals surface area contributed by atoms with Gasteiger partial charge in [-0.3, -0.25) is 0 Å². The first-order chi connectivity index (χ1) is 5.79. The summed E-state index contributed by atoms with van der Waals surface area (Å²) in [5.41, 5.74) is 2.75. The van der Waals surface area contributed by atoms with Gasteiger partial charge in [-0.2, -0.15) is 0 Å². The first kappa shape index (κ1) is 8.10. The number of hydrogen-bond donors (Lipinski definition) is 0. The van der Waals surface area contributed by atoms with Crippen LogP contribution in [0.5, 0.6) is 0 Å². The SMILES string of the molecule is CN1C=Cc2ccccc2C1I. The Labute approximate surface area is 86.2 Å². The van der Waals surface area contributed by atoms with Crippen LogP contribution in [0, 0.1) is 0 Å². The Morgan fingerprint density at radius 3 is 2.92 bits per heavy atom. The monoisotopic (exact) mass is 271 g/mol. The van der Waals surface area contributed by atoms with Gasteiger partial charge >= 0.3 is 0 Å². The Morgan fingerprint density at radius 2 is 2.08 bits per heavy atom. The molecule has 0 spiro atoms. The molecule has 1 heterocycles. The van der Waals surface area contributed by atoms with Gasteiger partial charge in [-0.1, -0.05) is 46.9 Å². The third kappa shape index (κ3) is 1.24. The summed E-state index contributed by atoms with van der Waals surface area (Å²) in [4.78, 5) is 2.21. The summed E-state index contributed by atoms with van der Waals surface area (Å²) in [6.45, 7) is 0. The van der Waals surface area contributed by atoms with E-state index in [1.54, 1.807) is 0 Å². The molecule has 1 aromatic rings. The number of hydrogen-bond acceptors (Lipinski definition) is 1. The maximum Gasteiger partial charge on any atom is 0.106 e. The van der Waals surface area contributed by atoms with Gasteiger partial charge in [0.2, 0.25) is 0 Å². The molecule has 0 aliphatic carbocycles. The molecule has 0 aromatic heterocycles. The van der Waals surface area contributed by atoms with E-state index in [0.29, 0.717) is 4.05 Å². The van der Waals surface area contributed by atoms with Crippen LogP contribution in [0.3, 0.4) is 0 Å². The largest absolute Gasteiger partial charge is 0.365 e. The standard InChI is InChI=1S/C10H10IN/c1-12-7-6-8-4-2-3-5-9(8)10(12)11/h2-7,10H,1H3. The summed E-state index contributed by atoms with van der Waals surface area (Å²) in [6, 6.07) is 8.52. The zero-order chi connectivity index (χ0) is 8.55. The third-order valence-electron chi connectivity index (χ3n) is 2.10. The molecule has 1 nitrogen and oxygen atoms in total. The normalized spacial score (nSPS) is 20.8. The highest BCUT2D eigenvalue weighted by Gasteiger charge is 2.16. The Kier molecular flexibility index (Phi) is 2.09.